The summed E-state index contributed by atoms with van der Waals surface area (Å²) >= 11 is 5.96. The number of pyridine rings is 1. The Kier molecular flexibility index (Phi) is 4.19. The van der Waals surface area contributed by atoms with Gasteiger partial charge in [0, 0.05) is 11.2 Å². The molecule has 0 saturated heterocycles. The Balaban J connectivity index is 2.04. The van der Waals surface area contributed by atoms with Gasteiger partial charge < -0.3 is 10.4 Å². The van der Waals surface area contributed by atoms with Gasteiger partial charge in [-0.2, -0.15) is 0 Å². The van der Waals surface area contributed by atoms with Crippen LogP contribution in [-0.4, -0.2) is 28.1 Å². The number of aryl methyl sites for hydroxylation is 1. The summed E-state index contributed by atoms with van der Waals surface area (Å²) in [5.41, 5.74) is 1.13. The molecule has 98 valence electrons. The molecule has 1 amide bonds. The van der Waals surface area contributed by atoms with E-state index in [4.69, 9.17) is 11.6 Å². The van der Waals surface area contributed by atoms with Crippen molar-refractivity contribution < 1.29 is 9.90 Å². The average Bonchev–Trinajstić information content (AvgIpc) is 2.35. The zero-order chi connectivity index (χ0) is 13.1. The maximum Gasteiger partial charge on any atom is 0.270 e. The van der Waals surface area contributed by atoms with Crippen molar-refractivity contribution in [2.45, 2.75) is 44.8 Å². The molecule has 1 fully saturated rings. The van der Waals surface area contributed by atoms with Gasteiger partial charge in [0.1, 0.15) is 5.69 Å². The summed E-state index contributed by atoms with van der Waals surface area (Å²) < 4.78 is 0. The zero-order valence-corrected chi connectivity index (χ0v) is 11.1. The number of nitrogens with one attached hydrogen (secondary N) is 1. The molecule has 2 N–H and O–H groups in total. The highest BCUT2D eigenvalue weighted by molar-refractivity contribution is 6.31. The van der Waals surface area contributed by atoms with Crippen molar-refractivity contribution in [1.82, 2.24) is 10.3 Å². The van der Waals surface area contributed by atoms with Crippen molar-refractivity contribution in [3.63, 3.8) is 0 Å². The highest BCUT2D eigenvalue weighted by Crippen LogP contribution is 2.19. The number of rotatable bonds is 2. The fourth-order valence-corrected chi connectivity index (χ4v) is 2.30. The topological polar surface area (TPSA) is 62.2 Å². The molecule has 1 aromatic heterocycles. The highest BCUT2D eigenvalue weighted by Gasteiger charge is 2.25. The summed E-state index contributed by atoms with van der Waals surface area (Å²) in [6, 6.07) is 1.38. The summed E-state index contributed by atoms with van der Waals surface area (Å²) in [6.45, 7) is 1.84. The lowest BCUT2D eigenvalue weighted by molar-refractivity contribution is 0.0714. The third-order valence-corrected chi connectivity index (χ3v) is 3.72. The molecule has 0 aliphatic heterocycles. The van der Waals surface area contributed by atoms with Gasteiger partial charge in [-0.05, 0) is 31.4 Å². The summed E-state index contributed by atoms with van der Waals surface area (Å²) in [7, 11) is 0. The van der Waals surface area contributed by atoms with E-state index in [0.717, 1.165) is 31.2 Å². The first-order valence-electron chi connectivity index (χ1n) is 6.19. The van der Waals surface area contributed by atoms with Crippen molar-refractivity contribution in [1.29, 1.82) is 0 Å². The van der Waals surface area contributed by atoms with E-state index in [1.54, 1.807) is 12.3 Å². The van der Waals surface area contributed by atoms with Crippen LogP contribution in [0.1, 0.15) is 41.7 Å². The van der Waals surface area contributed by atoms with Crippen LogP contribution in [0.2, 0.25) is 5.02 Å². The quantitative estimate of drug-likeness (QED) is 0.863. The molecule has 0 spiro atoms. The van der Waals surface area contributed by atoms with E-state index in [1.807, 2.05) is 6.92 Å². The summed E-state index contributed by atoms with van der Waals surface area (Å²) in [5.74, 6) is -0.275. The van der Waals surface area contributed by atoms with Gasteiger partial charge in [-0.25, -0.2) is 0 Å². The van der Waals surface area contributed by atoms with Gasteiger partial charge in [-0.3, -0.25) is 9.78 Å². The Labute approximate surface area is 111 Å². The van der Waals surface area contributed by atoms with Gasteiger partial charge in [-0.15, -0.1) is 0 Å². The molecule has 2 rings (SSSR count). The van der Waals surface area contributed by atoms with Gasteiger partial charge in [0.05, 0.1) is 12.1 Å². The average molecular weight is 269 g/mol. The van der Waals surface area contributed by atoms with E-state index in [2.05, 4.69) is 10.3 Å². The van der Waals surface area contributed by atoms with Crippen LogP contribution in [0.5, 0.6) is 0 Å². The van der Waals surface area contributed by atoms with Crippen LogP contribution in [0.4, 0.5) is 0 Å². The van der Waals surface area contributed by atoms with E-state index in [1.165, 1.54) is 0 Å². The van der Waals surface area contributed by atoms with Gasteiger partial charge >= 0.3 is 0 Å². The monoisotopic (exact) mass is 268 g/mol. The summed E-state index contributed by atoms with van der Waals surface area (Å²) in [6.07, 6.45) is 4.73. The van der Waals surface area contributed by atoms with Crippen LogP contribution in [0.25, 0.3) is 0 Å². The van der Waals surface area contributed by atoms with Crippen LogP contribution in [0.3, 0.4) is 0 Å². The van der Waals surface area contributed by atoms with Gasteiger partial charge in [0.15, 0.2) is 0 Å². The standard InChI is InChI=1S/C13H17ClN2O2/c1-8-7-15-11(6-9(8)14)13(18)16-10-4-2-3-5-12(10)17/h6-7,10,12,17H,2-5H2,1H3,(H,16,18)/t10-,12-/m0/s1. The Morgan fingerprint density at radius 1 is 1.50 bits per heavy atom. The predicted molar refractivity (Wildman–Crippen MR) is 69.7 cm³/mol. The van der Waals surface area contributed by atoms with Crippen molar-refractivity contribution >= 4 is 17.5 Å². The second-order valence-corrected chi connectivity index (χ2v) is 5.16. The van der Waals surface area contributed by atoms with Crippen molar-refractivity contribution in [3.8, 4) is 0 Å². The number of amides is 1. The van der Waals surface area contributed by atoms with Crippen molar-refractivity contribution in [2.24, 2.45) is 0 Å². The molecule has 1 saturated carbocycles. The second kappa shape index (κ2) is 5.67. The molecule has 0 radical (unpaired) electrons. The third kappa shape index (κ3) is 3.00. The minimum absolute atomic E-state index is 0.173. The molecule has 18 heavy (non-hydrogen) atoms. The molecular formula is C13H17ClN2O2. The maximum atomic E-state index is 12.0. The Hall–Kier alpha value is -1.13. The first-order valence-corrected chi connectivity index (χ1v) is 6.57. The van der Waals surface area contributed by atoms with Gasteiger partial charge in [0.2, 0.25) is 0 Å². The number of carbonyl (C=O) groups excluding carboxylic acids is 1. The largest absolute Gasteiger partial charge is 0.391 e. The van der Waals surface area contributed by atoms with Crippen LogP contribution in [0, 0.1) is 6.92 Å². The van der Waals surface area contributed by atoms with E-state index < -0.39 is 6.10 Å². The molecular weight excluding hydrogens is 252 g/mol. The number of aromatic nitrogens is 1. The second-order valence-electron chi connectivity index (χ2n) is 4.75. The fourth-order valence-electron chi connectivity index (χ4n) is 2.15. The van der Waals surface area contributed by atoms with E-state index >= 15 is 0 Å². The summed E-state index contributed by atoms with van der Waals surface area (Å²) in [5, 5.41) is 13.2. The van der Waals surface area contributed by atoms with Crippen LogP contribution < -0.4 is 5.32 Å². The molecule has 1 aliphatic rings. The lowest BCUT2D eigenvalue weighted by Gasteiger charge is -2.28. The zero-order valence-electron chi connectivity index (χ0n) is 10.3. The SMILES string of the molecule is Cc1cnc(C(=O)N[C@H]2CCCC[C@@H]2O)cc1Cl. The van der Waals surface area contributed by atoms with E-state index in [0.29, 0.717) is 10.7 Å². The molecule has 2 atom stereocenters. The summed E-state index contributed by atoms with van der Waals surface area (Å²) in [4.78, 5) is 16.0. The Morgan fingerprint density at radius 3 is 2.89 bits per heavy atom. The molecule has 1 aliphatic carbocycles. The Bertz CT molecular complexity index is 451. The van der Waals surface area contributed by atoms with Crippen LogP contribution >= 0.6 is 11.6 Å². The van der Waals surface area contributed by atoms with Gasteiger partial charge in [0.25, 0.3) is 5.91 Å². The lowest BCUT2D eigenvalue weighted by atomic mass is 9.92. The van der Waals surface area contributed by atoms with Crippen molar-refractivity contribution in [3.05, 3.63) is 28.5 Å². The van der Waals surface area contributed by atoms with Crippen molar-refractivity contribution in [2.75, 3.05) is 0 Å². The number of nitrogens with zero attached hydrogens (tertiary/aromatic N) is 1. The van der Waals surface area contributed by atoms with Crippen LogP contribution in [0.15, 0.2) is 12.3 Å². The molecule has 1 heterocycles. The number of aliphatic hydroxyl groups is 1. The molecule has 0 bridgehead atoms. The minimum Gasteiger partial charge on any atom is -0.391 e. The molecule has 0 unspecified atom stereocenters. The molecule has 0 aromatic carbocycles. The number of halogens is 1. The lowest BCUT2D eigenvalue weighted by Crippen LogP contribution is -2.45. The first kappa shape index (κ1) is 13.3. The number of hydrogen-bond acceptors (Lipinski definition) is 3. The van der Waals surface area contributed by atoms with E-state index in [-0.39, 0.29) is 11.9 Å². The maximum absolute atomic E-state index is 12.0. The normalized spacial score (nSPS) is 23.7. The molecule has 4 nitrogen and oxygen atoms in total. The third-order valence-electron chi connectivity index (χ3n) is 3.32. The van der Waals surface area contributed by atoms with Gasteiger partial charge in [-0.1, -0.05) is 24.4 Å². The Morgan fingerprint density at radius 2 is 2.22 bits per heavy atom. The van der Waals surface area contributed by atoms with E-state index in [9.17, 15) is 9.90 Å². The predicted octanol–water partition coefficient (Wildman–Crippen LogP) is 2.08. The minimum atomic E-state index is -0.455. The number of carbonyl (C=O) groups is 1. The number of hydrogen-bond donors (Lipinski definition) is 2. The molecule has 1 aromatic rings. The first-order chi connectivity index (χ1) is 8.58. The number of aliphatic hydroxyl groups excluding tert-OH is 1. The smallest absolute Gasteiger partial charge is 0.270 e. The highest BCUT2D eigenvalue weighted by atomic mass is 35.5. The molecule has 5 heteroatoms. The fraction of sp³-hybridized carbons (Fsp3) is 0.538. The van der Waals surface area contributed by atoms with Crippen LogP contribution in [-0.2, 0) is 0 Å².